The van der Waals surface area contributed by atoms with Crippen molar-refractivity contribution in [3.8, 4) is 17.2 Å². The Morgan fingerprint density at radius 2 is 1.85 bits per heavy atom. The quantitative estimate of drug-likeness (QED) is 0.519. The fourth-order valence-corrected chi connectivity index (χ4v) is 4.05. The van der Waals surface area contributed by atoms with E-state index in [2.05, 4.69) is 0 Å². The summed E-state index contributed by atoms with van der Waals surface area (Å²) in [5.41, 5.74) is 3.60. The third kappa shape index (κ3) is 2.66. The molecule has 0 saturated carbocycles. The molecule has 26 heavy (non-hydrogen) atoms. The molecule has 0 N–H and O–H groups in total. The molecule has 2 atom stereocenters. The second-order valence-corrected chi connectivity index (χ2v) is 6.98. The SMILES string of the molecule is CCC1CCc2c(ccc3cc(-c4ccc(C#N)c(F)c4)ccc23)C1F. The Labute approximate surface area is 151 Å². The maximum absolute atomic E-state index is 14.8. The van der Waals surface area contributed by atoms with Crippen molar-refractivity contribution in [1.29, 1.82) is 5.26 Å². The van der Waals surface area contributed by atoms with Crippen molar-refractivity contribution in [2.45, 2.75) is 32.4 Å². The van der Waals surface area contributed by atoms with Crippen LogP contribution < -0.4 is 0 Å². The van der Waals surface area contributed by atoms with Gasteiger partial charge in [-0.15, -0.1) is 0 Å². The van der Waals surface area contributed by atoms with E-state index in [1.165, 1.54) is 12.1 Å². The van der Waals surface area contributed by atoms with Gasteiger partial charge in [0.15, 0.2) is 0 Å². The third-order valence-electron chi connectivity index (χ3n) is 5.59. The first kappa shape index (κ1) is 16.7. The first-order valence-corrected chi connectivity index (χ1v) is 9.02. The maximum atomic E-state index is 14.8. The normalized spacial score (nSPS) is 19.2. The molecule has 0 saturated heterocycles. The highest BCUT2D eigenvalue weighted by Crippen LogP contribution is 2.42. The molecule has 1 aliphatic carbocycles. The molecule has 0 radical (unpaired) electrons. The molecular formula is C23H19F2N. The van der Waals surface area contributed by atoms with Gasteiger partial charge in [0.25, 0.3) is 0 Å². The molecule has 0 heterocycles. The smallest absolute Gasteiger partial charge is 0.141 e. The lowest BCUT2D eigenvalue weighted by Crippen LogP contribution is -2.17. The Hall–Kier alpha value is -2.73. The van der Waals surface area contributed by atoms with Gasteiger partial charge >= 0.3 is 0 Å². The van der Waals surface area contributed by atoms with Gasteiger partial charge in [-0.05, 0) is 70.0 Å². The summed E-state index contributed by atoms with van der Waals surface area (Å²) in [5, 5.41) is 11.0. The summed E-state index contributed by atoms with van der Waals surface area (Å²) in [6, 6.07) is 16.3. The minimum absolute atomic E-state index is 0.0445. The molecule has 3 aromatic rings. The van der Waals surface area contributed by atoms with E-state index in [0.717, 1.165) is 52.3 Å². The van der Waals surface area contributed by atoms with Crippen LogP contribution in [0.3, 0.4) is 0 Å². The average Bonchev–Trinajstić information content (AvgIpc) is 2.67. The number of hydrogen-bond donors (Lipinski definition) is 0. The molecule has 0 aliphatic heterocycles. The highest BCUT2D eigenvalue weighted by Gasteiger charge is 2.29. The van der Waals surface area contributed by atoms with Crippen LogP contribution in [0.5, 0.6) is 0 Å². The van der Waals surface area contributed by atoms with Crippen LogP contribution in [-0.2, 0) is 6.42 Å². The molecule has 0 amide bonds. The van der Waals surface area contributed by atoms with Crippen molar-refractivity contribution in [1.82, 2.24) is 0 Å². The van der Waals surface area contributed by atoms with Crippen LogP contribution in [0.2, 0.25) is 0 Å². The lowest BCUT2D eigenvalue weighted by Gasteiger charge is -2.28. The van der Waals surface area contributed by atoms with E-state index in [1.807, 2.05) is 43.3 Å². The standard InChI is InChI=1S/C23H19F2N/c1-2-14-5-9-20-19-8-6-15(11-17(19)7-10-21(20)23(14)25)16-3-4-18(13-26)22(24)12-16/h3-4,6-8,10-12,14,23H,2,5,9H2,1H3. The van der Waals surface area contributed by atoms with E-state index in [9.17, 15) is 8.78 Å². The lowest BCUT2D eigenvalue weighted by atomic mass is 9.79. The fraction of sp³-hybridized carbons (Fsp3) is 0.261. The number of nitriles is 1. The molecule has 4 rings (SSSR count). The summed E-state index contributed by atoms with van der Waals surface area (Å²) in [7, 11) is 0. The summed E-state index contributed by atoms with van der Waals surface area (Å²) < 4.78 is 28.7. The number of aryl methyl sites for hydroxylation is 1. The number of rotatable bonds is 2. The van der Waals surface area contributed by atoms with Gasteiger partial charge in [-0.25, -0.2) is 8.78 Å². The number of fused-ring (bicyclic) bond motifs is 3. The lowest BCUT2D eigenvalue weighted by molar-refractivity contribution is 0.201. The van der Waals surface area contributed by atoms with Crippen molar-refractivity contribution in [2.24, 2.45) is 5.92 Å². The Bertz CT molecular complexity index is 1030. The largest absolute Gasteiger partial charge is 0.242 e. The van der Waals surface area contributed by atoms with Crippen LogP contribution in [0.1, 0.15) is 42.6 Å². The highest BCUT2D eigenvalue weighted by molar-refractivity contribution is 5.91. The van der Waals surface area contributed by atoms with Crippen LogP contribution in [0.15, 0.2) is 48.5 Å². The molecule has 130 valence electrons. The molecule has 0 spiro atoms. The summed E-state index contributed by atoms with van der Waals surface area (Å²) in [5.74, 6) is -0.401. The molecule has 0 bridgehead atoms. The predicted molar refractivity (Wildman–Crippen MR) is 100 cm³/mol. The van der Waals surface area contributed by atoms with Crippen molar-refractivity contribution in [3.63, 3.8) is 0 Å². The molecule has 1 nitrogen and oxygen atoms in total. The summed E-state index contributed by atoms with van der Waals surface area (Å²) in [4.78, 5) is 0. The van der Waals surface area contributed by atoms with Gasteiger partial charge in [0.05, 0.1) is 5.56 Å². The third-order valence-corrected chi connectivity index (χ3v) is 5.59. The fourth-order valence-electron chi connectivity index (χ4n) is 4.05. The highest BCUT2D eigenvalue weighted by atomic mass is 19.1. The van der Waals surface area contributed by atoms with Gasteiger partial charge in [-0.3, -0.25) is 0 Å². The Morgan fingerprint density at radius 3 is 2.58 bits per heavy atom. The van der Waals surface area contributed by atoms with Crippen LogP contribution in [-0.4, -0.2) is 0 Å². The van der Waals surface area contributed by atoms with Crippen LogP contribution in [0.25, 0.3) is 21.9 Å². The van der Waals surface area contributed by atoms with Gasteiger partial charge in [-0.2, -0.15) is 5.26 Å². The van der Waals surface area contributed by atoms with E-state index >= 15 is 0 Å². The first-order valence-electron chi connectivity index (χ1n) is 9.02. The Morgan fingerprint density at radius 1 is 1.08 bits per heavy atom. The number of alkyl halides is 1. The van der Waals surface area contributed by atoms with E-state index in [1.54, 1.807) is 6.07 Å². The molecule has 3 aromatic carbocycles. The van der Waals surface area contributed by atoms with Crippen molar-refractivity contribution in [3.05, 3.63) is 71.0 Å². The number of halogens is 2. The molecule has 0 fully saturated rings. The number of benzene rings is 3. The zero-order valence-corrected chi connectivity index (χ0v) is 14.6. The minimum atomic E-state index is -0.888. The minimum Gasteiger partial charge on any atom is -0.242 e. The van der Waals surface area contributed by atoms with Crippen molar-refractivity contribution < 1.29 is 8.78 Å². The molecular weight excluding hydrogens is 328 g/mol. The van der Waals surface area contributed by atoms with Gasteiger partial charge in [-0.1, -0.05) is 43.7 Å². The molecule has 2 unspecified atom stereocenters. The summed E-state index contributed by atoms with van der Waals surface area (Å²) in [6.07, 6.45) is 1.76. The Balaban J connectivity index is 1.79. The van der Waals surface area contributed by atoms with Crippen LogP contribution in [0, 0.1) is 23.1 Å². The molecule has 0 aromatic heterocycles. The van der Waals surface area contributed by atoms with E-state index in [4.69, 9.17) is 5.26 Å². The zero-order chi connectivity index (χ0) is 18.3. The zero-order valence-electron chi connectivity index (χ0n) is 14.6. The second kappa shape index (κ2) is 6.53. The van der Waals surface area contributed by atoms with Gasteiger partial charge in [0, 0.05) is 0 Å². The monoisotopic (exact) mass is 347 g/mol. The van der Waals surface area contributed by atoms with Crippen molar-refractivity contribution >= 4 is 10.8 Å². The van der Waals surface area contributed by atoms with Gasteiger partial charge < -0.3 is 0 Å². The van der Waals surface area contributed by atoms with Crippen LogP contribution >= 0.6 is 0 Å². The number of hydrogen-bond acceptors (Lipinski definition) is 1. The molecule has 1 aliphatic rings. The van der Waals surface area contributed by atoms with Gasteiger partial charge in [0.2, 0.25) is 0 Å². The Kier molecular flexibility index (Phi) is 4.20. The maximum Gasteiger partial charge on any atom is 0.141 e. The molecule has 3 heteroatoms. The van der Waals surface area contributed by atoms with E-state index < -0.39 is 12.0 Å². The van der Waals surface area contributed by atoms with E-state index in [-0.39, 0.29) is 11.5 Å². The van der Waals surface area contributed by atoms with E-state index in [0.29, 0.717) is 0 Å². The second-order valence-electron chi connectivity index (χ2n) is 6.98. The van der Waals surface area contributed by atoms with Gasteiger partial charge in [0.1, 0.15) is 18.1 Å². The number of nitrogens with zero attached hydrogens (tertiary/aromatic N) is 1. The van der Waals surface area contributed by atoms with Crippen LogP contribution in [0.4, 0.5) is 8.78 Å². The summed E-state index contributed by atoms with van der Waals surface area (Å²) >= 11 is 0. The van der Waals surface area contributed by atoms with Crippen molar-refractivity contribution in [2.75, 3.05) is 0 Å². The summed E-state index contributed by atoms with van der Waals surface area (Å²) in [6.45, 7) is 2.05. The average molecular weight is 347 g/mol. The topological polar surface area (TPSA) is 23.8 Å². The first-order chi connectivity index (χ1) is 12.6. The predicted octanol–water partition coefficient (Wildman–Crippen LogP) is 6.50.